The SMILES string of the molecule is CC1=Cc2c(-c3cccc4ccccc34)cccc2[CH]1[Zr]([CH3])([CH3])([CH3])(=[SiH2])([c]1ccccc1)[CH]1C(C)=Cc2c(-c3cccc4ccccc34)cccc21. The molecular formula is C49H46SiZr. The molecule has 0 spiro atoms. The van der Waals surface area contributed by atoms with Crippen LogP contribution in [0.1, 0.15) is 43.4 Å². The number of allylic oxidation sites excluding steroid dienone is 2. The molecule has 2 unspecified atom stereocenters. The molecule has 0 aromatic heterocycles. The molecule has 7 aromatic rings. The van der Waals surface area contributed by atoms with E-state index in [1.54, 1.807) is 0 Å². The van der Waals surface area contributed by atoms with Gasteiger partial charge in [0.05, 0.1) is 0 Å². The zero-order chi connectivity index (χ0) is 35.3. The molecule has 2 aliphatic carbocycles. The van der Waals surface area contributed by atoms with Gasteiger partial charge in [-0.1, -0.05) is 0 Å². The molecule has 0 bridgehead atoms. The summed E-state index contributed by atoms with van der Waals surface area (Å²) < 4.78 is 10.5. The van der Waals surface area contributed by atoms with Gasteiger partial charge in [0.2, 0.25) is 0 Å². The molecule has 2 aliphatic rings. The molecule has 2 heteroatoms. The first-order chi connectivity index (χ1) is 24.3. The van der Waals surface area contributed by atoms with Crippen LogP contribution < -0.4 is 3.27 Å². The Hall–Kier alpha value is -4.36. The Balaban J connectivity index is 1.34. The Morgan fingerprint density at radius 1 is 0.412 bits per heavy atom. The van der Waals surface area contributed by atoms with E-state index < -0.39 is 14.4 Å². The van der Waals surface area contributed by atoms with Crippen molar-refractivity contribution in [1.29, 1.82) is 0 Å². The average molecular weight is 754 g/mol. The average Bonchev–Trinajstić information content (AvgIpc) is 3.69. The maximum absolute atomic E-state index is 5.46. The van der Waals surface area contributed by atoms with Gasteiger partial charge in [-0.3, -0.25) is 0 Å². The third-order valence-corrected chi connectivity index (χ3v) is 46.0. The number of fused-ring (bicyclic) bond motifs is 4. The van der Waals surface area contributed by atoms with Crippen molar-refractivity contribution in [1.82, 2.24) is 0 Å². The minimum atomic E-state index is -5.46. The van der Waals surface area contributed by atoms with Gasteiger partial charge in [0.15, 0.2) is 0 Å². The van der Waals surface area contributed by atoms with E-state index in [4.69, 9.17) is 0 Å². The zero-order valence-electron chi connectivity index (χ0n) is 30.5. The Morgan fingerprint density at radius 2 is 0.784 bits per heavy atom. The molecule has 0 N–H and O–H groups in total. The van der Waals surface area contributed by atoms with Gasteiger partial charge in [-0.25, -0.2) is 0 Å². The fourth-order valence-corrected chi connectivity index (χ4v) is 46.3. The fourth-order valence-electron chi connectivity index (χ4n) is 11.9. The van der Waals surface area contributed by atoms with Crippen molar-refractivity contribution < 1.29 is 14.4 Å². The molecule has 0 saturated heterocycles. The normalized spacial score (nSPS) is 19.0. The van der Waals surface area contributed by atoms with Gasteiger partial charge in [-0.05, 0) is 0 Å². The molecule has 7 aromatic carbocycles. The molecule has 0 radical (unpaired) electrons. The summed E-state index contributed by atoms with van der Waals surface area (Å²) in [6.45, 7) is 7.30. The van der Waals surface area contributed by atoms with Crippen molar-refractivity contribution in [3.63, 3.8) is 0 Å². The Kier molecular flexibility index (Phi) is 6.48. The summed E-state index contributed by atoms with van der Waals surface area (Å²) in [4.78, 5) is 0. The fraction of sp³-hybridized carbons (Fsp3) is 0.143. The summed E-state index contributed by atoms with van der Waals surface area (Å²) in [5, 5.41) is 5.19. The van der Waals surface area contributed by atoms with Crippen molar-refractivity contribution in [2.75, 3.05) is 0 Å². The molecule has 51 heavy (non-hydrogen) atoms. The van der Waals surface area contributed by atoms with Gasteiger partial charge in [0.1, 0.15) is 0 Å². The molecule has 0 saturated carbocycles. The number of benzene rings is 7. The number of hydrogen-bond donors (Lipinski definition) is 0. The predicted octanol–water partition coefficient (Wildman–Crippen LogP) is 12.7. The van der Waals surface area contributed by atoms with Crippen LogP contribution in [0.25, 0.3) is 56.0 Å². The zero-order valence-corrected chi connectivity index (χ0v) is 34.3. The minimum absolute atomic E-state index is 0.257. The second kappa shape index (κ2) is 10.2. The van der Waals surface area contributed by atoms with E-state index in [-0.39, 0.29) is 7.25 Å². The summed E-state index contributed by atoms with van der Waals surface area (Å²) >= 11 is -5.46. The summed E-state index contributed by atoms with van der Waals surface area (Å²) in [7, 11) is 0. The van der Waals surface area contributed by atoms with Gasteiger partial charge in [-0.15, -0.1) is 0 Å². The van der Waals surface area contributed by atoms with Crippen LogP contribution in [-0.2, 0) is 14.4 Å². The Bertz CT molecular complexity index is 2640. The van der Waals surface area contributed by atoms with Crippen LogP contribution in [0, 0.1) is 0 Å². The monoisotopic (exact) mass is 752 g/mol. The Labute approximate surface area is 298 Å². The number of hydrogen-bond acceptors (Lipinski definition) is 0. The second-order valence-corrected chi connectivity index (χ2v) is 72.4. The first-order valence-electron chi connectivity index (χ1n) is 18.5. The molecular weight excluding hydrogens is 708 g/mol. The van der Waals surface area contributed by atoms with Crippen LogP contribution in [0.5, 0.6) is 0 Å². The van der Waals surface area contributed by atoms with Gasteiger partial charge in [0, 0.05) is 0 Å². The molecule has 0 fully saturated rings. The van der Waals surface area contributed by atoms with Crippen molar-refractivity contribution in [3.8, 4) is 22.3 Å². The van der Waals surface area contributed by atoms with E-state index in [2.05, 4.69) is 198 Å². The predicted molar refractivity (Wildman–Crippen MR) is 224 cm³/mol. The van der Waals surface area contributed by atoms with Crippen LogP contribution in [0.15, 0.2) is 163 Å². The van der Waals surface area contributed by atoms with Gasteiger partial charge in [-0.2, -0.15) is 0 Å². The topological polar surface area (TPSA) is 0 Å². The van der Waals surface area contributed by atoms with Crippen molar-refractivity contribution in [2.24, 2.45) is 0 Å². The first-order valence-corrected chi connectivity index (χ1v) is 35.9. The van der Waals surface area contributed by atoms with Crippen LogP contribution in [0.2, 0.25) is 13.9 Å². The summed E-state index contributed by atoms with van der Waals surface area (Å²) in [6.07, 6.45) is 5.11. The van der Waals surface area contributed by atoms with Crippen LogP contribution in [-0.4, -0.2) is 6.88 Å². The summed E-state index contributed by atoms with van der Waals surface area (Å²) in [5.74, 6) is 0. The third kappa shape index (κ3) is 4.33. The van der Waals surface area contributed by atoms with Crippen LogP contribution >= 0.6 is 0 Å². The van der Waals surface area contributed by atoms with Gasteiger partial charge in [0.25, 0.3) is 0 Å². The quantitative estimate of drug-likeness (QED) is 0.154. The standard InChI is InChI=1S/2C20H15.C6H5.3CH3.H2Si.Zr/c2*1-14-12-16-8-5-11-19(20(16)13-14)18-10-4-7-15-6-2-3-9-17(15)18;1-2-4-6-5-3-1;;;;;/h2*2-13H,1H3;1-5H;3*1H3;1H2;. The van der Waals surface area contributed by atoms with E-state index in [0.29, 0.717) is 0 Å². The molecule has 9 rings (SSSR count). The third-order valence-electron chi connectivity index (χ3n) is 13.7. The van der Waals surface area contributed by atoms with E-state index in [1.807, 2.05) is 0 Å². The van der Waals surface area contributed by atoms with Crippen molar-refractivity contribution >= 4 is 43.8 Å². The van der Waals surface area contributed by atoms with E-state index in [1.165, 1.54) is 80.5 Å². The molecule has 0 nitrogen and oxygen atoms in total. The molecule has 0 heterocycles. The molecule has 0 aliphatic heterocycles. The van der Waals surface area contributed by atoms with E-state index >= 15 is 0 Å². The summed E-state index contributed by atoms with van der Waals surface area (Å²) in [5.41, 5.74) is 14.0. The van der Waals surface area contributed by atoms with Crippen LogP contribution in [0.3, 0.4) is 0 Å². The summed E-state index contributed by atoms with van der Waals surface area (Å²) in [6, 6.07) is 57.2. The van der Waals surface area contributed by atoms with E-state index in [0.717, 1.165) is 0 Å². The maximum atomic E-state index is 2.80. The van der Waals surface area contributed by atoms with Crippen LogP contribution in [0.4, 0.5) is 0 Å². The first kappa shape index (κ1) is 32.5. The molecule has 0 amide bonds. The Morgan fingerprint density at radius 3 is 1.25 bits per heavy atom. The molecule has 250 valence electrons. The van der Waals surface area contributed by atoms with E-state index in [9.17, 15) is 0 Å². The molecule has 2 atom stereocenters. The second-order valence-electron chi connectivity index (χ2n) is 18.8. The van der Waals surface area contributed by atoms with Gasteiger partial charge >= 0.3 is 301 Å². The van der Waals surface area contributed by atoms with Crippen molar-refractivity contribution in [3.05, 3.63) is 185 Å². The van der Waals surface area contributed by atoms with Gasteiger partial charge < -0.3 is 0 Å². The number of rotatable bonds is 5. The van der Waals surface area contributed by atoms with Crippen molar-refractivity contribution in [2.45, 2.75) is 35.0 Å².